The smallest absolute Gasteiger partial charge is 0.245 e. The van der Waals surface area contributed by atoms with Crippen LogP contribution in [0.1, 0.15) is 24.9 Å². The Hall–Kier alpha value is -1.11. The predicted molar refractivity (Wildman–Crippen MR) is 79.3 cm³/mol. The number of amides is 1. The number of nitrogens with two attached hydrogens (primary N) is 1. The third kappa shape index (κ3) is 2.75. The minimum absolute atomic E-state index is 0.0927. The highest BCUT2D eigenvalue weighted by Crippen LogP contribution is 2.38. The van der Waals surface area contributed by atoms with Gasteiger partial charge in [-0.05, 0) is 34.5 Å². The number of hydrogen-bond donors (Lipinski definition) is 3. The molecule has 0 bridgehead atoms. The molecule has 1 heterocycles. The van der Waals surface area contributed by atoms with Crippen molar-refractivity contribution in [2.75, 3.05) is 29.9 Å². The molecule has 1 amide bonds. The molecule has 1 aromatic rings. The van der Waals surface area contributed by atoms with E-state index in [0.29, 0.717) is 6.54 Å². The van der Waals surface area contributed by atoms with Gasteiger partial charge in [0.25, 0.3) is 0 Å². The fourth-order valence-corrected chi connectivity index (χ4v) is 2.89. The molecule has 0 fully saturated rings. The number of carbonyl (C=O) groups is 1. The molecule has 6 heteroatoms. The zero-order valence-electron chi connectivity index (χ0n) is 10.8. The average Bonchev–Trinajstić information content (AvgIpc) is 2.64. The lowest BCUT2D eigenvalue weighted by Crippen LogP contribution is -2.27. The number of hydrogen-bond acceptors (Lipinski definition) is 4. The number of aliphatic hydroxyl groups excluding tert-OH is 1. The second-order valence-corrected chi connectivity index (χ2v) is 5.42. The van der Waals surface area contributed by atoms with Crippen LogP contribution in [0.2, 0.25) is 0 Å². The molecule has 104 valence electrons. The van der Waals surface area contributed by atoms with Crippen molar-refractivity contribution < 1.29 is 9.90 Å². The van der Waals surface area contributed by atoms with Crippen molar-refractivity contribution in [2.24, 2.45) is 5.73 Å². The van der Waals surface area contributed by atoms with Gasteiger partial charge in [0.05, 0.1) is 12.3 Å². The summed E-state index contributed by atoms with van der Waals surface area (Å²) in [6.45, 7) is 3.59. The molecule has 19 heavy (non-hydrogen) atoms. The monoisotopic (exact) mass is 327 g/mol. The average molecular weight is 328 g/mol. The SMILES string of the molecule is CCCN(CCO)c1cc2c(cc1Br)C(N)C(=O)N2. The summed E-state index contributed by atoms with van der Waals surface area (Å²) in [7, 11) is 0. The highest BCUT2D eigenvalue weighted by atomic mass is 79.9. The van der Waals surface area contributed by atoms with Crippen LogP contribution in [-0.2, 0) is 4.79 Å². The van der Waals surface area contributed by atoms with Gasteiger partial charge in [-0.3, -0.25) is 4.79 Å². The summed E-state index contributed by atoms with van der Waals surface area (Å²) in [5, 5.41) is 11.9. The van der Waals surface area contributed by atoms with Crippen LogP contribution in [0.15, 0.2) is 16.6 Å². The maximum Gasteiger partial charge on any atom is 0.245 e. The van der Waals surface area contributed by atoms with Gasteiger partial charge in [0.2, 0.25) is 5.91 Å². The van der Waals surface area contributed by atoms with Crippen LogP contribution in [0.5, 0.6) is 0 Å². The number of anilines is 2. The molecule has 1 aliphatic rings. The van der Waals surface area contributed by atoms with Gasteiger partial charge in [0, 0.05) is 28.8 Å². The maximum atomic E-state index is 11.6. The number of fused-ring (bicyclic) bond motifs is 1. The molecule has 1 aromatic carbocycles. The van der Waals surface area contributed by atoms with E-state index >= 15 is 0 Å². The number of nitrogens with one attached hydrogen (secondary N) is 1. The Labute approximate surface area is 120 Å². The molecule has 0 spiro atoms. The molecule has 0 saturated carbocycles. The first-order chi connectivity index (χ1) is 9.08. The van der Waals surface area contributed by atoms with Crippen molar-refractivity contribution in [3.8, 4) is 0 Å². The zero-order valence-corrected chi connectivity index (χ0v) is 12.4. The summed E-state index contributed by atoms with van der Waals surface area (Å²) in [5.41, 5.74) is 8.34. The Morgan fingerprint density at radius 3 is 2.84 bits per heavy atom. The molecule has 1 aliphatic heterocycles. The van der Waals surface area contributed by atoms with Gasteiger partial charge < -0.3 is 21.1 Å². The fourth-order valence-electron chi connectivity index (χ4n) is 2.28. The second kappa shape index (κ2) is 5.90. The van der Waals surface area contributed by atoms with E-state index in [4.69, 9.17) is 10.8 Å². The number of benzene rings is 1. The quantitative estimate of drug-likeness (QED) is 0.767. The lowest BCUT2D eigenvalue weighted by Gasteiger charge is -2.25. The van der Waals surface area contributed by atoms with Gasteiger partial charge in [-0.1, -0.05) is 6.92 Å². The number of aliphatic hydroxyl groups is 1. The van der Waals surface area contributed by atoms with Gasteiger partial charge in [-0.2, -0.15) is 0 Å². The van der Waals surface area contributed by atoms with Crippen molar-refractivity contribution >= 4 is 33.2 Å². The summed E-state index contributed by atoms with van der Waals surface area (Å²) in [6, 6.07) is 3.20. The fraction of sp³-hybridized carbons (Fsp3) is 0.462. The van der Waals surface area contributed by atoms with Crippen molar-refractivity contribution in [3.63, 3.8) is 0 Å². The lowest BCUT2D eigenvalue weighted by molar-refractivity contribution is -0.116. The van der Waals surface area contributed by atoms with Crippen LogP contribution in [0.4, 0.5) is 11.4 Å². The van der Waals surface area contributed by atoms with E-state index < -0.39 is 6.04 Å². The van der Waals surface area contributed by atoms with Gasteiger partial charge in [-0.15, -0.1) is 0 Å². The highest BCUT2D eigenvalue weighted by molar-refractivity contribution is 9.10. The van der Waals surface area contributed by atoms with E-state index in [1.165, 1.54) is 0 Å². The van der Waals surface area contributed by atoms with Crippen LogP contribution < -0.4 is 16.0 Å². The summed E-state index contributed by atoms with van der Waals surface area (Å²) >= 11 is 3.52. The van der Waals surface area contributed by atoms with E-state index in [0.717, 1.165) is 34.4 Å². The third-order valence-corrected chi connectivity index (χ3v) is 3.83. The van der Waals surface area contributed by atoms with Crippen molar-refractivity contribution in [1.82, 2.24) is 0 Å². The van der Waals surface area contributed by atoms with E-state index in [2.05, 4.69) is 33.1 Å². The minimum Gasteiger partial charge on any atom is -0.395 e. The molecular weight excluding hydrogens is 310 g/mol. The highest BCUT2D eigenvalue weighted by Gasteiger charge is 2.28. The largest absolute Gasteiger partial charge is 0.395 e. The van der Waals surface area contributed by atoms with E-state index in [-0.39, 0.29) is 12.5 Å². The molecule has 0 radical (unpaired) electrons. The van der Waals surface area contributed by atoms with Crippen molar-refractivity contribution in [2.45, 2.75) is 19.4 Å². The van der Waals surface area contributed by atoms with Crippen molar-refractivity contribution in [3.05, 3.63) is 22.2 Å². The van der Waals surface area contributed by atoms with Crippen LogP contribution in [0.3, 0.4) is 0 Å². The third-order valence-electron chi connectivity index (χ3n) is 3.20. The first-order valence-corrected chi connectivity index (χ1v) is 7.13. The van der Waals surface area contributed by atoms with Crippen LogP contribution in [-0.4, -0.2) is 30.7 Å². The van der Waals surface area contributed by atoms with E-state index in [1.807, 2.05) is 12.1 Å². The number of halogens is 1. The topological polar surface area (TPSA) is 78.6 Å². The maximum absolute atomic E-state index is 11.6. The molecule has 2 rings (SSSR count). The van der Waals surface area contributed by atoms with Gasteiger partial charge in [-0.25, -0.2) is 0 Å². The van der Waals surface area contributed by atoms with Gasteiger partial charge >= 0.3 is 0 Å². The number of rotatable bonds is 5. The molecule has 4 N–H and O–H groups in total. The van der Waals surface area contributed by atoms with Gasteiger partial charge in [0.1, 0.15) is 6.04 Å². The molecule has 1 unspecified atom stereocenters. The summed E-state index contributed by atoms with van der Waals surface area (Å²) < 4.78 is 0.889. The normalized spacial score (nSPS) is 17.3. The molecule has 0 aromatic heterocycles. The molecule has 5 nitrogen and oxygen atoms in total. The Morgan fingerprint density at radius 1 is 1.47 bits per heavy atom. The second-order valence-electron chi connectivity index (χ2n) is 4.57. The molecule has 0 saturated heterocycles. The standard InChI is InChI=1S/C13H18BrN3O2/c1-2-3-17(4-5-18)11-7-10-8(6-9(11)14)12(15)13(19)16-10/h6-7,12,18H,2-5,15H2,1H3,(H,16,19). The Morgan fingerprint density at radius 2 is 2.21 bits per heavy atom. The van der Waals surface area contributed by atoms with E-state index in [1.54, 1.807) is 0 Å². The lowest BCUT2D eigenvalue weighted by atomic mass is 10.1. The summed E-state index contributed by atoms with van der Waals surface area (Å²) in [5.74, 6) is -0.178. The molecule has 1 atom stereocenters. The predicted octanol–water partition coefficient (Wildman–Crippen LogP) is 1.61. The molecular formula is C13H18BrN3O2. The number of carbonyl (C=O) groups excluding carboxylic acids is 1. The van der Waals surface area contributed by atoms with Gasteiger partial charge in [0.15, 0.2) is 0 Å². The zero-order chi connectivity index (χ0) is 14.0. The van der Waals surface area contributed by atoms with E-state index in [9.17, 15) is 4.79 Å². The van der Waals surface area contributed by atoms with Crippen LogP contribution >= 0.6 is 15.9 Å². The first kappa shape index (κ1) is 14.3. The minimum atomic E-state index is -0.599. The Kier molecular flexibility index (Phi) is 4.44. The van der Waals surface area contributed by atoms with Crippen LogP contribution in [0.25, 0.3) is 0 Å². The summed E-state index contributed by atoms with van der Waals surface area (Å²) in [4.78, 5) is 13.7. The van der Waals surface area contributed by atoms with Crippen LogP contribution in [0, 0.1) is 0 Å². The Balaban J connectivity index is 2.37. The van der Waals surface area contributed by atoms with Crippen molar-refractivity contribution in [1.29, 1.82) is 0 Å². The molecule has 0 aliphatic carbocycles. The Bertz CT molecular complexity index is 487. The summed E-state index contributed by atoms with van der Waals surface area (Å²) in [6.07, 6.45) is 0.982. The number of nitrogens with zero attached hydrogens (tertiary/aromatic N) is 1. The first-order valence-electron chi connectivity index (χ1n) is 6.34.